The zero-order valence-electron chi connectivity index (χ0n) is 33.2. The number of nitrogens with one attached hydrogen (secondary N) is 1. The smallest absolute Gasteiger partial charge is 0.308 e. The fourth-order valence-corrected chi connectivity index (χ4v) is 8.42. The normalized spacial score (nSPS) is 11.3. The lowest BCUT2D eigenvalue weighted by atomic mass is 9.91. The minimum Gasteiger partial charge on any atom is -0.456 e. The molecule has 0 aliphatic carbocycles. The van der Waals surface area contributed by atoms with E-state index in [4.69, 9.17) is 14.4 Å². The molecule has 61 heavy (non-hydrogen) atoms. The number of benzene rings is 9. The number of rotatable bonds is 8. The van der Waals surface area contributed by atoms with Crippen molar-refractivity contribution in [2.75, 3.05) is 0 Å². The molecule has 0 spiro atoms. The van der Waals surface area contributed by atoms with E-state index in [2.05, 4.69) is 193 Å². The first-order valence-electron chi connectivity index (χ1n) is 20.6. The van der Waals surface area contributed by atoms with E-state index in [0.29, 0.717) is 11.6 Å². The SMILES string of the molecule is c1ccc(-c2cccc(-c3cccc(-c4ccccc4-c4ccc5oc6cccc(-c7nc(-c8ccccc8)nc(-c8cccc(-c9ccccc9)c8)[nH+]7)c6c5c4)c3)c2)cc1. The van der Waals surface area contributed by atoms with Crippen LogP contribution in [-0.2, 0) is 0 Å². The van der Waals surface area contributed by atoms with Gasteiger partial charge in [-0.25, -0.2) is 4.98 Å². The molecule has 0 saturated heterocycles. The van der Waals surface area contributed by atoms with Crippen LogP contribution in [-0.4, -0.2) is 9.97 Å². The monoisotopic (exact) mass is 780 g/mol. The van der Waals surface area contributed by atoms with Gasteiger partial charge in [-0.1, -0.05) is 174 Å². The number of H-pyrrole nitrogens is 1. The van der Waals surface area contributed by atoms with Crippen molar-refractivity contribution in [2.24, 2.45) is 0 Å². The maximum absolute atomic E-state index is 6.56. The van der Waals surface area contributed by atoms with Gasteiger partial charge in [0.25, 0.3) is 11.6 Å². The third kappa shape index (κ3) is 6.96. The highest BCUT2D eigenvalue weighted by molar-refractivity contribution is 6.12. The number of nitrogens with zero attached hydrogens (tertiary/aromatic N) is 2. The van der Waals surface area contributed by atoms with Crippen molar-refractivity contribution in [1.82, 2.24) is 9.97 Å². The first-order chi connectivity index (χ1) is 30.2. The molecule has 0 aliphatic heterocycles. The van der Waals surface area contributed by atoms with Crippen molar-refractivity contribution >= 4 is 21.9 Å². The lowest BCUT2D eigenvalue weighted by Gasteiger charge is -2.13. The summed E-state index contributed by atoms with van der Waals surface area (Å²) in [6.07, 6.45) is 0. The lowest BCUT2D eigenvalue weighted by Crippen LogP contribution is -2.17. The number of fused-ring (bicyclic) bond motifs is 3. The molecule has 0 radical (unpaired) electrons. The van der Waals surface area contributed by atoms with E-state index in [9.17, 15) is 0 Å². The molecule has 0 fully saturated rings. The van der Waals surface area contributed by atoms with E-state index in [-0.39, 0.29) is 0 Å². The third-order valence-electron chi connectivity index (χ3n) is 11.4. The van der Waals surface area contributed by atoms with Crippen LogP contribution in [0.3, 0.4) is 0 Å². The lowest BCUT2D eigenvalue weighted by molar-refractivity contribution is -0.359. The van der Waals surface area contributed by atoms with Gasteiger partial charge in [-0.05, 0) is 116 Å². The highest BCUT2D eigenvalue weighted by atomic mass is 16.3. The highest BCUT2D eigenvalue weighted by Gasteiger charge is 2.24. The Morgan fingerprint density at radius 1 is 0.295 bits per heavy atom. The molecule has 0 aliphatic rings. The van der Waals surface area contributed by atoms with Gasteiger partial charge < -0.3 is 4.42 Å². The Morgan fingerprint density at radius 2 is 0.738 bits per heavy atom. The van der Waals surface area contributed by atoms with Gasteiger partial charge in [-0.15, -0.1) is 0 Å². The summed E-state index contributed by atoms with van der Waals surface area (Å²) in [5.41, 5.74) is 16.1. The molecule has 0 atom stereocenters. The molecular weight excluding hydrogens is 743 g/mol. The van der Waals surface area contributed by atoms with Gasteiger partial charge in [-0.3, -0.25) is 0 Å². The number of hydrogen-bond donors (Lipinski definition) is 0. The molecule has 0 bridgehead atoms. The van der Waals surface area contributed by atoms with Gasteiger partial charge in [0.1, 0.15) is 11.2 Å². The average Bonchev–Trinajstić information content (AvgIpc) is 3.73. The second kappa shape index (κ2) is 15.5. The molecule has 4 heteroatoms. The average molecular weight is 781 g/mol. The zero-order chi connectivity index (χ0) is 40.5. The van der Waals surface area contributed by atoms with E-state index in [1.165, 1.54) is 22.3 Å². The summed E-state index contributed by atoms with van der Waals surface area (Å²) in [5, 5.41) is 2.01. The van der Waals surface area contributed by atoms with E-state index < -0.39 is 0 Å². The maximum atomic E-state index is 6.56. The van der Waals surface area contributed by atoms with Crippen LogP contribution in [0.4, 0.5) is 0 Å². The predicted octanol–water partition coefficient (Wildman–Crippen LogP) is 14.5. The molecule has 4 nitrogen and oxygen atoms in total. The van der Waals surface area contributed by atoms with E-state index >= 15 is 0 Å². The van der Waals surface area contributed by atoms with Crippen molar-refractivity contribution in [3.05, 3.63) is 224 Å². The van der Waals surface area contributed by atoms with Crippen LogP contribution in [0.2, 0.25) is 0 Å². The second-order valence-corrected chi connectivity index (χ2v) is 15.2. The minimum absolute atomic E-state index is 0.642. The Balaban J connectivity index is 1.03. The van der Waals surface area contributed by atoms with Crippen LogP contribution in [0.1, 0.15) is 0 Å². The molecular formula is C57H38N3O+. The van der Waals surface area contributed by atoms with Crippen LogP contribution in [0.15, 0.2) is 229 Å². The third-order valence-corrected chi connectivity index (χ3v) is 11.4. The molecule has 0 saturated carbocycles. The first-order valence-corrected chi connectivity index (χ1v) is 20.6. The molecule has 2 heterocycles. The topological polar surface area (TPSA) is 53.1 Å². The Bertz CT molecular complexity index is 3360. The molecule has 9 aromatic carbocycles. The molecule has 11 aromatic rings. The summed E-state index contributed by atoms with van der Waals surface area (Å²) in [7, 11) is 0. The number of hydrogen-bond acceptors (Lipinski definition) is 3. The van der Waals surface area contributed by atoms with Crippen molar-refractivity contribution in [2.45, 2.75) is 0 Å². The van der Waals surface area contributed by atoms with E-state index in [0.717, 1.165) is 77.8 Å². The first kappa shape index (κ1) is 35.9. The summed E-state index contributed by atoms with van der Waals surface area (Å²) < 4.78 is 6.56. The molecule has 1 N–H and O–H groups in total. The van der Waals surface area contributed by atoms with Gasteiger partial charge in [-0.2, -0.15) is 0 Å². The second-order valence-electron chi connectivity index (χ2n) is 15.2. The Morgan fingerprint density at radius 3 is 1.38 bits per heavy atom. The molecule has 0 unspecified atom stereocenters. The van der Waals surface area contributed by atoms with Gasteiger partial charge in [0.05, 0.1) is 16.7 Å². The largest absolute Gasteiger partial charge is 0.456 e. The standard InChI is InChI=1S/C57H37N3O/c1-4-16-38(17-5-1)41-22-12-24-43(34-41)44-25-13-26-45(35-44)48-28-10-11-29-49(48)46-32-33-52-51(37-46)54-50(30-15-31-53(54)61-52)57-59-55(40-20-8-3-9-21-40)58-56(60-57)47-27-14-23-42(36-47)39-18-6-2-7-19-39/h1-37H/p+1. The molecule has 286 valence electrons. The molecule has 2 aromatic heterocycles. The van der Waals surface area contributed by atoms with Gasteiger partial charge in [0.15, 0.2) is 0 Å². The van der Waals surface area contributed by atoms with Gasteiger partial charge >= 0.3 is 5.82 Å². The quantitative estimate of drug-likeness (QED) is 0.154. The Kier molecular flexibility index (Phi) is 9.14. The zero-order valence-corrected chi connectivity index (χ0v) is 33.2. The van der Waals surface area contributed by atoms with Crippen LogP contribution in [0, 0.1) is 0 Å². The van der Waals surface area contributed by atoms with Crippen LogP contribution in [0.25, 0.3) is 112 Å². The summed E-state index contributed by atoms with van der Waals surface area (Å²) in [6.45, 7) is 0. The summed E-state index contributed by atoms with van der Waals surface area (Å²) in [6, 6.07) is 78.6. The van der Waals surface area contributed by atoms with Gasteiger partial charge in [0, 0.05) is 10.8 Å². The van der Waals surface area contributed by atoms with Crippen LogP contribution < -0.4 is 4.98 Å². The van der Waals surface area contributed by atoms with Crippen LogP contribution in [0.5, 0.6) is 0 Å². The predicted molar refractivity (Wildman–Crippen MR) is 249 cm³/mol. The number of furan rings is 1. The van der Waals surface area contributed by atoms with Crippen molar-refractivity contribution in [3.8, 4) is 89.8 Å². The van der Waals surface area contributed by atoms with E-state index in [1.807, 2.05) is 36.4 Å². The van der Waals surface area contributed by atoms with Crippen molar-refractivity contribution in [1.29, 1.82) is 0 Å². The fraction of sp³-hybridized carbons (Fsp3) is 0. The number of aromatic amines is 1. The Hall–Kier alpha value is -8.21. The molecule has 11 rings (SSSR count). The van der Waals surface area contributed by atoms with Crippen LogP contribution >= 0.6 is 0 Å². The Labute approximate surface area is 354 Å². The summed E-state index contributed by atoms with van der Waals surface area (Å²) in [4.78, 5) is 14.0. The minimum atomic E-state index is 0.642. The molecule has 0 amide bonds. The van der Waals surface area contributed by atoms with Crippen molar-refractivity contribution < 1.29 is 9.40 Å². The summed E-state index contributed by atoms with van der Waals surface area (Å²) in [5.74, 6) is 2.08. The summed E-state index contributed by atoms with van der Waals surface area (Å²) >= 11 is 0. The number of aromatic nitrogens is 3. The van der Waals surface area contributed by atoms with E-state index in [1.54, 1.807) is 0 Å². The van der Waals surface area contributed by atoms with Gasteiger partial charge in [0.2, 0.25) is 0 Å². The fourth-order valence-electron chi connectivity index (χ4n) is 8.42. The maximum Gasteiger partial charge on any atom is 0.308 e. The highest BCUT2D eigenvalue weighted by Crippen LogP contribution is 2.40. The van der Waals surface area contributed by atoms with Crippen molar-refractivity contribution in [3.63, 3.8) is 0 Å².